The maximum Gasteiger partial charge on any atom is 0.341 e. The van der Waals surface area contributed by atoms with Gasteiger partial charge in [0, 0.05) is 6.54 Å². The zero-order chi connectivity index (χ0) is 13.8. The summed E-state index contributed by atoms with van der Waals surface area (Å²) in [5.74, 6) is 0.0241. The molecule has 0 unspecified atom stereocenters. The van der Waals surface area contributed by atoms with Crippen LogP contribution in [0.5, 0.6) is 0 Å². The summed E-state index contributed by atoms with van der Waals surface area (Å²) in [6.07, 6.45) is 1.51. The van der Waals surface area contributed by atoms with E-state index in [9.17, 15) is 4.79 Å². The van der Waals surface area contributed by atoms with Crippen molar-refractivity contribution in [3.8, 4) is 0 Å². The standard InChI is InChI=1S/C13H15N3O2S/c1-8-6-19-7-9(8)4-15-12-11(13(17)18-2)3-10(14)5-16-12/h3,5-7H,4,14H2,1-2H3,(H,15,16). The molecule has 0 atom stereocenters. The van der Waals surface area contributed by atoms with Gasteiger partial charge in [-0.2, -0.15) is 11.3 Å². The van der Waals surface area contributed by atoms with E-state index in [-0.39, 0.29) is 0 Å². The van der Waals surface area contributed by atoms with Gasteiger partial charge in [-0.15, -0.1) is 0 Å². The summed E-state index contributed by atoms with van der Waals surface area (Å²) >= 11 is 1.65. The summed E-state index contributed by atoms with van der Waals surface area (Å²) in [6, 6.07) is 1.56. The summed E-state index contributed by atoms with van der Waals surface area (Å²) < 4.78 is 4.72. The van der Waals surface area contributed by atoms with Crippen LogP contribution in [0.15, 0.2) is 23.0 Å². The van der Waals surface area contributed by atoms with Crippen LogP contribution in [-0.4, -0.2) is 18.1 Å². The van der Waals surface area contributed by atoms with Gasteiger partial charge in [0.15, 0.2) is 0 Å². The van der Waals surface area contributed by atoms with Crippen molar-refractivity contribution >= 4 is 28.8 Å². The summed E-state index contributed by atoms with van der Waals surface area (Å²) in [5.41, 5.74) is 8.81. The summed E-state index contributed by atoms with van der Waals surface area (Å²) in [5, 5.41) is 7.28. The fourth-order valence-corrected chi connectivity index (χ4v) is 2.49. The molecule has 0 aliphatic heterocycles. The van der Waals surface area contributed by atoms with Crippen molar-refractivity contribution in [1.82, 2.24) is 4.98 Å². The Morgan fingerprint density at radius 2 is 2.32 bits per heavy atom. The Kier molecular flexibility index (Phi) is 4.01. The molecule has 0 saturated carbocycles. The number of nitrogens with zero attached hydrogens (tertiary/aromatic N) is 1. The zero-order valence-electron chi connectivity index (χ0n) is 10.8. The van der Waals surface area contributed by atoms with Gasteiger partial charge in [0.2, 0.25) is 0 Å². The lowest BCUT2D eigenvalue weighted by Gasteiger charge is -2.10. The number of hydrogen-bond donors (Lipinski definition) is 2. The summed E-state index contributed by atoms with van der Waals surface area (Å²) in [4.78, 5) is 15.8. The van der Waals surface area contributed by atoms with Gasteiger partial charge >= 0.3 is 5.97 Å². The van der Waals surface area contributed by atoms with Crippen molar-refractivity contribution in [2.45, 2.75) is 13.5 Å². The lowest BCUT2D eigenvalue weighted by Crippen LogP contribution is -2.10. The second-order valence-corrected chi connectivity index (χ2v) is 4.83. The van der Waals surface area contributed by atoms with Gasteiger partial charge in [-0.1, -0.05) is 0 Å². The quantitative estimate of drug-likeness (QED) is 0.839. The largest absolute Gasteiger partial charge is 0.465 e. The van der Waals surface area contributed by atoms with Crippen LogP contribution < -0.4 is 11.1 Å². The molecule has 0 aliphatic carbocycles. The fourth-order valence-electron chi connectivity index (χ4n) is 1.63. The molecular weight excluding hydrogens is 262 g/mol. The van der Waals surface area contributed by atoms with E-state index >= 15 is 0 Å². The Balaban J connectivity index is 2.20. The molecule has 2 heterocycles. The maximum atomic E-state index is 11.7. The number of pyridine rings is 1. The first kappa shape index (κ1) is 13.4. The van der Waals surface area contributed by atoms with Gasteiger partial charge in [-0.3, -0.25) is 0 Å². The van der Waals surface area contributed by atoms with Crippen molar-refractivity contribution in [2.24, 2.45) is 0 Å². The Morgan fingerprint density at radius 1 is 1.53 bits per heavy atom. The second-order valence-electron chi connectivity index (χ2n) is 4.09. The van der Waals surface area contributed by atoms with Gasteiger partial charge in [0.25, 0.3) is 0 Å². The van der Waals surface area contributed by atoms with E-state index < -0.39 is 5.97 Å². The number of esters is 1. The average molecular weight is 277 g/mol. The van der Waals surface area contributed by atoms with Gasteiger partial charge in [-0.25, -0.2) is 9.78 Å². The Labute approximate surface area is 115 Å². The fraction of sp³-hybridized carbons (Fsp3) is 0.231. The van der Waals surface area contributed by atoms with Crippen LogP contribution in [0.3, 0.4) is 0 Å². The monoisotopic (exact) mass is 277 g/mol. The highest BCUT2D eigenvalue weighted by molar-refractivity contribution is 7.08. The van der Waals surface area contributed by atoms with Crippen LogP contribution in [0, 0.1) is 6.92 Å². The van der Waals surface area contributed by atoms with E-state index in [1.165, 1.54) is 24.4 Å². The third-order valence-electron chi connectivity index (χ3n) is 2.72. The predicted octanol–water partition coefficient (Wildman–Crippen LogP) is 2.43. The number of methoxy groups -OCH3 is 1. The number of ether oxygens (including phenoxy) is 1. The second kappa shape index (κ2) is 5.71. The van der Waals surface area contributed by atoms with Crippen LogP contribution in [-0.2, 0) is 11.3 Å². The Morgan fingerprint density at radius 3 is 2.95 bits per heavy atom. The molecule has 0 radical (unpaired) electrons. The number of aromatic nitrogens is 1. The third kappa shape index (κ3) is 3.03. The molecule has 0 fully saturated rings. The van der Waals surface area contributed by atoms with Gasteiger partial charge in [-0.05, 0) is 34.9 Å². The van der Waals surface area contributed by atoms with Crippen molar-refractivity contribution in [2.75, 3.05) is 18.2 Å². The van der Waals surface area contributed by atoms with E-state index in [4.69, 9.17) is 10.5 Å². The van der Waals surface area contributed by atoms with E-state index in [2.05, 4.69) is 21.1 Å². The summed E-state index contributed by atoms with van der Waals surface area (Å²) in [7, 11) is 1.33. The predicted molar refractivity (Wildman–Crippen MR) is 76.4 cm³/mol. The maximum absolute atomic E-state index is 11.7. The third-order valence-corrected chi connectivity index (χ3v) is 3.63. The zero-order valence-corrected chi connectivity index (χ0v) is 11.6. The smallest absolute Gasteiger partial charge is 0.341 e. The number of nitrogens with two attached hydrogens (primary N) is 1. The molecule has 0 saturated heterocycles. The average Bonchev–Trinajstić information content (AvgIpc) is 2.82. The minimum Gasteiger partial charge on any atom is -0.465 e. The highest BCUT2D eigenvalue weighted by Crippen LogP contribution is 2.19. The molecule has 0 aliphatic rings. The Bertz CT molecular complexity index is 595. The summed E-state index contributed by atoms with van der Waals surface area (Å²) in [6.45, 7) is 2.65. The molecule has 0 aromatic carbocycles. The first-order valence-corrected chi connectivity index (χ1v) is 6.65. The molecule has 0 amide bonds. The number of nitrogens with one attached hydrogen (secondary N) is 1. The minimum atomic E-state index is -0.454. The van der Waals surface area contributed by atoms with E-state index in [1.54, 1.807) is 17.4 Å². The van der Waals surface area contributed by atoms with Crippen LogP contribution in [0.25, 0.3) is 0 Å². The molecule has 6 heteroatoms. The van der Waals surface area contributed by atoms with E-state index in [0.717, 1.165) is 0 Å². The van der Waals surface area contributed by atoms with Crippen LogP contribution in [0.4, 0.5) is 11.5 Å². The Hall–Kier alpha value is -2.08. The molecule has 5 nitrogen and oxygen atoms in total. The number of anilines is 2. The molecule has 3 N–H and O–H groups in total. The number of thiophene rings is 1. The highest BCUT2D eigenvalue weighted by atomic mass is 32.1. The SMILES string of the molecule is COC(=O)c1cc(N)cnc1NCc1cscc1C. The number of nitrogen functional groups attached to an aromatic ring is 1. The first-order chi connectivity index (χ1) is 9.11. The molecule has 2 aromatic heterocycles. The van der Waals surface area contributed by atoms with Gasteiger partial charge in [0.05, 0.1) is 19.0 Å². The molecule has 0 spiro atoms. The van der Waals surface area contributed by atoms with Crippen LogP contribution >= 0.6 is 11.3 Å². The van der Waals surface area contributed by atoms with Gasteiger partial charge < -0.3 is 15.8 Å². The molecule has 19 heavy (non-hydrogen) atoms. The van der Waals surface area contributed by atoms with Crippen molar-refractivity contribution in [3.05, 3.63) is 39.7 Å². The number of carbonyl (C=O) groups excluding carboxylic acids is 1. The van der Waals surface area contributed by atoms with Gasteiger partial charge in [0.1, 0.15) is 11.4 Å². The van der Waals surface area contributed by atoms with Crippen LogP contribution in [0.2, 0.25) is 0 Å². The highest BCUT2D eigenvalue weighted by Gasteiger charge is 2.13. The molecule has 2 aromatic rings. The normalized spacial score (nSPS) is 10.2. The first-order valence-electron chi connectivity index (χ1n) is 5.71. The van der Waals surface area contributed by atoms with Crippen molar-refractivity contribution < 1.29 is 9.53 Å². The molecule has 0 bridgehead atoms. The molecule has 100 valence electrons. The minimum absolute atomic E-state index is 0.343. The number of rotatable bonds is 4. The molecule has 2 rings (SSSR count). The number of aryl methyl sites for hydroxylation is 1. The van der Waals surface area contributed by atoms with Crippen molar-refractivity contribution in [3.63, 3.8) is 0 Å². The van der Waals surface area contributed by atoms with Crippen LogP contribution in [0.1, 0.15) is 21.5 Å². The topological polar surface area (TPSA) is 77.2 Å². The van der Waals surface area contributed by atoms with Crippen molar-refractivity contribution in [1.29, 1.82) is 0 Å². The molecular formula is C13H15N3O2S. The number of carbonyl (C=O) groups is 1. The van der Waals surface area contributed by atoms with E-state index in [0.29, 0.717) is 23.6 Å². The lowest BCUT2D eigenvalue weighted by molar-refractivity contribution is 0.0601. The van der Waals surface area contributed by atoms with E-state index in [1.807, 2.05) is 6.92 Å². The number of hydrogen-bond acceptors (Lipinski definition) is 6. The lowest BCUT2D eigenvalue weighted by atomic mass is 10.2.